The van der Waals surface area contributed by atoms with Crippen molar-refractivity contribution in [3.63, 3.8) is 0 Å². The minimum absolute atomic E-state index is 0.0175. The van der Waals surface area contributed by atoms with Crippen molar-refractivity contribution in [2.45, 2.75) is 19.4 Å². The van der Waals surface area contributed by atoms with Crippen molar-refractivity contribution in [1.82, 2.24) is 5.32 Å². The Balaban J connectivity index is 2.12. The third-order valence-electron chi connectivity index (χ3n) is 3.54. The van der Waals surface area contributed by atoms with Gasteiger partial charge in [-0.2, -0.15) is 5.26 Å². The molecule has 0 unspecified atom stereocenters. The Bertz CT molecular complexity index is 868. The monoisotopic (exact) mass is 352 g/mol. The summed E-state index contributed by atoms with van der Waals surface area (Å²) in [6.45, 7) is 1.26. The number of carbonyl (C=O) groups is 3. The first-order chi connectivity index (χ1) is 12.4. The number of hydrogen-bond donors (Lipinski definition) is 2. The van der Waals surface area contributed by atoms with Gasteiger partial charge >= 0.3 is 11.9 Å². The number of carbonyl (C=O) groups excluding carboxylic acids is 2. The number of carboxylic acid groups (broad SMARTS) is 1. The molecular weight excluding hydrogens is 336 g/mol. The number of aliphatic carboxylic acids is 1. The van der Waals surface area contributed by atoms with Gasteiger partial charge in [-0.25, -0.2) is 4.79 Å². The summed E-state index contributed by atoms with van der Waals surface area (Å²) in [4.78, 5) is 34.7. The molecule has 0 aliphatic carbocycles. The van der Waals surface area contributed by atoms with E-state index in [4.69, 9.17) is 10.00 Å². The molecule has 0 saturated heterocycles. The summed E-state index contributed by atoms with van der Waals surface area (Å²) >= 11 is 0. The number of nitrogens with one attached hydrogen (secondary N) is 1. The molecule has 0 aromatic heterocycles. The molecule has 0 fully saturated rings. The highest BCUT2D eigenvalue weighted by Gasteiger charge is 2.22. The lowest BCUT2D eigenvalue weighted by Gasteiger charge is -2.15. The second kappa shape index (κ2) is 8.44. The predicted octanol–water partition coefficient (Wildman–Crippen LogP) is 1.91. The van der Waals surface area contributed by atoms with Gasteiger partial charge in [0.1, 0.15) is 11.8 Å². The SMILES string of the molecule is CC(=O)Oc1ccc(C(=O)N[C@@H](Cc2ccccc2C#N)C(=O)O)cc1. The number of nitriles is 1. The summed E-state index contributed by atoms with van der Waals surface area (Å²) < 4.78 is 4.88. The van der Waals surface area contributed by atoms with Crippen LogP contribution >= 0.6 is 0 Å². The summed E-state index contributed by atoms with van der Waals surface area (Å²) in [5.74, 6) is -1.99. The van der Waals surface area contributed by atoms with Gasteiger partial charge in [0.25, 0.3) is 5.91 Å². The van der Waals surface area contributed by atoms with E-state index in [1.807, 2.05) is 6.07 Å². The van der Waals surface area contributed by atoms with Crippen LogP contribution in [-0.4, -0.2) is 29.0 Å². The van der Waals surface area contributed by atoms with Crippen molar-refractivity contribution in [1.29, 1.82) is 5.26 Å². The second-order valence-corrected chi connectivity index (χ2v) is 5.46. The van der Waals surface area contributed by atoms with Gasteiger partial charge in [-0.05, 0) is 35.9 Å². The highest BCUT2D eigenvalue weighted by Crippen LogP contribution is 2.14. The van der Waals surface area contributed by atoms with Crippen LogP contribution in [0.3, 0.4) is 0 Å². The van der Waals surface area contributed by atoms with Gasteiger partial charge in [0.15, 0.2) is 0 Å². The van der Waals surface area contributed by atoms with E-state index in [2.05, 4.69) is 5.32 Å². The molecule has 1 atom stereocenters. The molecule has 2 aromatic rings. The van der Waals surface area contributed by atoms with Crippen LogP contribution in [0.15, 0.2) is 48.5 Å². The van der Waals surface area contributed by atoms with E-state index in [0.29, 0.717) is 11.1 Å². The van der Waals surface area contributed by atoms with E-state index in [9.17, 15) is 19.5 Å². The Hall–Kier alpha value is -3.66. The molecule has 0 saturated carbocycles. The van der Waals surface area contributed by atoms with E-state index < -0.39 is 23.9 Å². The average molecular weight is 352 g/mol. The summed E-state index contributed by atoms with van der Waals surface area (Å²) in [6, 6.07) is 13.2. The van der Waals surface area contributed by atoms with Crippen LogP contribution in [0.4, 0.5) is 0 Å². The minimum Gasteiger partial charge on any atom is -0.480 e. The smallest absolute Gasteiger partial charge is 0.326 e. The van der Waals surface area contributed by atoms with E-state index in [0.717, 1.165) is 0 Å². The van der Waals surface area contributed by atoms with E-state index in [1.54, 1.807) is 24.3 Å². The Kier molecular flexibility index (Phi) is 6.06. The fraction of sp³-hybridized carbons (Fsp3) is 0.158. The first-order valence-electron chi connectivity index (χ1n) is 7.71. The number of amides is 1. The van der Waals surface area contributed by atoms with Crippen molar-refractivity contribution in [3.8, 4) is 11.8 Å². The maximum Gasteiger partial charge on any atom is 0.326 e. The molecule has 0 aliphatic rings. The molecule has 2 aromatic carbocycles. The largest absolute Gasteiger partial charge is 0.480 e. The van der Waals surface area contributed by atoms with Crippen LogP contribution < -0.4 is 10.1 Å². The standard InChI is InChI=1S/C19H16N2O5/c1-12(22)26-16-8-6-13(7-9-16)18(23)21-17(19(24)25)10-14-4-2-3-5-15(14)11-20/h2-9,17H,10H2,1H3,(H,21,23)(H,24,25)/t17-/m0/s1. The lowest BCUT2D eigenvalue weighted by molar-refractivity contribution is -0.139. The van der Waals surface area contributed by atoms with Crippen molar-refractivity contribution in [3.05, 3.63) is 65.2 Å². The van der Waals surface area contributed by atoms with Crippen molar-refractivity contribution in [2.75, 3.05) is 0 Å². The average Bonchev–Trinajstić information content (AvgIpc) is 2.61. The zero-order chi connectivity index (χ0) is 19.1. The molecule has 7 heteroatoms. The Morgan fingerprint density at radius 1 is 1.15 bits per heavy atom. The summed E-state index contributed by atoms with van der Waals surface area (Å²) in [6.07, 6.45) is -0.0175. The molecule has 1 amide bonds. The van der Waals surface area contributed by atoms with Gasteiger partial charge in [-0.15, -0.1) is 0 Å². The van der Waals surface area contributed by atoms with Crippen molar-refractivity contribution >= 4 is 17.8 Å². The van der Waals surface area contributed by atoms with Crippen LogP contribution in [0.1, 0.15) is 28.4 Å². The maximum absolute atomic E-state index is 12.3. The molecule has 2 rings (SSSR count). The first-order valence-corrected chi connectivity index (χ1v) is 7.71. The molecule has 26 heavy (non-hydrogen) atoms. The maximum atomic E-state index is 12.3. The van der Waals surface area contributed by atoms with Crippen LogP contribution in [0.5, 0.6) is 5.75 Å². The van der Waals surface area contributed by atoms with Crippen LogP contribution in [0, 0.1) is 11.3 Å². The third-order valence-corrected chi connectivity index (χ3v) is 3.54. The van der Waals surface area contributed by atoms with Gasteiger partial charge in [0, 0.05) is 18.9 Å². The number of hydrogen-bond acceptors (Lipinski definition) is 5. The van der Waals surface area contributed by atoms with E-state index in [1.165, 1.54) is 31.2 Å². The molecular formula is C19H16N2O5. The first kappa shape index (κ1) is 18.7. The number of ether oxygens (including phenoxy) is 1. The number of benzene rings is 2. The normalized spacial score (nSPS) is 11.1. The van der Waals surface area contributed by atoms with E-state index in [-0.39, 0.29) is 17.7 Å². The van der Waals surface area contributed by atoms with Gasteiger partial charge < -0.3 is 15.2 Å². The molecule has 0 bridgehead atoms. The Labute approximate surface area is 149 Å². The molecule has 0 heterocycles. The quantitative estimate of drug-likeness (QED) is 0.606. The van der Waals surface area contributed by atoms with Crippen LogP contribution in [-0.2, 0) is 16.0 Å². The fourth-order valence-electron chi connectivity index (χ4n) is 2.31. The molecule has 0 aliphatic heterocycles. The number of rotatable bonds is 6. The van der Waals surface area contributed by atoms with Gasteiger partial charge in [-0.1, -0.05) is 18.2 Å². The van der Waals surface area contributed by atoms with Crippen LogP contribution in [0.25, 0.3) is 0 Å². The minimum atomic E-state index is -1.21. The lowest BCUT2D eigenvalue weighted by atomic mass is 10.0. The zero-order valence-corrected chi connectivity index (χ0v) is 13.9. The summed E-state index contributed by atoms with van der Waals surface area (Å²) in [7, 11) is 0. The molecule has 0 radical (unpaired) electrons. The molecule has 0 spiro atoms. The van der Waals surface area contributed by atoms with Crippen molar-refractivity contribution < 1.29 is 24.2 Å². The summed E-state index contributed by atoms with van der Waals surface area (Å²) in [5, 5.41) is 20.9. The highest BCUT2D eigenvalue weighted by atomic mass is 16.5. The van der Waals surface area contributed by atoms with Gasteiger partial charge in [0.2, 0.25) is 0 Å². The molecule has 132 valence electrons. The second-order valence-electron chi connectivity index (χ2n) is 5.46. The Morgan fingerprint density at radius 3 is 2.38 bits per heavy atom. The topological polar surface area (TPSA) is 116 Å². The fourth-order valence-corrected chi connectivity index (χ4v) is 2.31. The Morgan fingerprint density at radius 2 is 1.81 bits per heavy atom. The van der Waals surface area contributed by atoms with Gasteiger partial charge in [0.05, 0.1) is 11.6 Å². The van der Waals surface area contributed by atoms with Crippen LogP contribution in [0.2, 0.25) is 0 Å². The third kappa shape index (κ3) is 4.92. The zero-order valence-electron chi connectivity index (χ0n) is 13.9. The summed E-state index contributed by atoms with van der Waals surface area (Å²) in [5.41, 5.74) is 1.12. The molecule has 2 N–H and O–H groups in total. The van der Waals surface area contributed by atoms with Gasteiger partial charge in [-0.3, -0.25) is 9.59 Å². The molecule has 7 nitrogen and oxygen atoms in total. The predicted molar refractivity (Wildman–Crippen MR) is 91.5 cm³/mol. The number of esters is 1. The van der Waals surface area contributed by atoms with E-state index >= 15 is 0 Å². The highest BCUT2D eigenvalue weighted by molar-refractivity contribution is 5.96. The van der Waals surface area contributed by atoms with Crippen molar-refractivity contribution in [2.24, 2.45) is 0 Å². The lowest BCUT2D eigenvalue weighted by Crippen LogP contribution is -2.42. The number of nitrogens with zero attached hydrogens (tertiary/aromatic N) is 1. The number of carboxylic acids is 1.